The first kappa shape index (κ1) is 10.5. The molecule has 1 N–H and O–H groups in total. The molecule has 0 bridgehead atoms. The highest BCUT2D eigenvalue weighted by Gasteiger charge is 2.05. The van der Waals surface area contributed by atoms with Crippen molar-refractivity contribution in [1.29, 1.82) is 0 Å². The second-order valence-corrected chi connectivity index (χ2v) is 3.95. The smallest absolute Gasteiger partial charge is 0.138 e. The summed E-state index contributed by atoms with van der Waals surface area (Å²) in [6, 6.07) is 7.55. The van der Waals surface area contributed by atoms with Gasteiger partial charge in [0.15, 0.2) is 0 Å². The summed E-state index contributed by atoms with van der Waals surface area (Å²) in [4.78, 5) is 0. The zero-order valence-corrected chi connectivity index (χ0v) is 9.26. The van der Waals surface area contributed by atoms with Crippen LogP contribution in [-0.4, -0.2) is 19.7 Å². The van der Waals surface area contributed by atoms with Crippen LogP contribution in [0.25, 0.3) is 0 Å². The van der Waals surface area contributed by atoms with Crippen molar-refractivity contribution in [2.45, 2.75) is 6.42 Å². The van der Waals surface area contributed by atoms with Crippen LogP contribution in [-0.2, 0) is 0 Å². The molecule has 0 spiro atoms. The second kappa shape index (κ2) is 5.19. The monoisotopic (exact) mass is 223 g/mol. The van der Waals surface area contributed by atoms with Crippen molar-refractivity contribution in [3.8, 4) is 5.75 Å². The van der Waals surface area contributed by atoms with E-state index in [0.717, 1.165) is 25.3 Å². The summed E-state index contributed by atoms with van der Waals surface area (Å²) in [6.45, 7) is 2.61. The molecule has 0 radical (unpaired) electrons. The summed E-state index contributed by atoms with van der Waals surface area (Å²) in [6.07, 6.45) is 3.31. The van der Waals surface area contributed by atoms with Crippen molar-refractivity contribution >= 4 is 11.6 Å². The van der Waals surface area contributed by atoms with Crippen LogP contribution < -0.4 is 10.1 Å². The molecule has 0 aromatic heterocycles. The van der Waals surface area contributed by atoms with E-state index >= 15 is 0 Å². The first-order valence-electron chi connectivity index (χ1n) is 5.12. The van der Waals surface area contributed by atoms with Crippen molar-refractivity contribution in [3.05, 3.63) is 40.9 Å². The molecule has 0 atom stereocenters. The number of hydrogen-bond donors (Lipinski definition) is 1. The van der Waals surface area contributed by atoms with E-state index in [9.17, 15) is 0 Å². The Morgan fingerprint density at radius 2 is 2.20 bits per heavy atom. The van der Waals surface area contributed by atoms with Crippen LogP contribution in [0.3, 0.4) is 0 Å². The Balaban J connectivity index is 1.93. The van der Waals surface area contributed by atoms with Crippen molar-refractivity contribution in [2.75, 3.05) is 19.7 Å². The number of nitrogens with one attached hydrogen (secondary N) is 1. The van der Waals surface area contributed by atoms with E-state index in [0.29, 0.717) is 11.6 Å². The molecule has 1 heterocycles. The van der Waals surface area contributed by atoms with E-state index in [-0.39, 0.29) is 0 Å². The van der Waals surface area contributed by atoms with Gasteiger partial charge in [0.25, 0.3) is 0 Å². The Morgan fingerprint density at radius 1 is 1.33 bits per heavy atom. The average molecular weight is 224 g/mol. The topological polar surface area (TPSA) is 21.3 Å². The lowest BCUT2D eigenvalue weighted by atomic mass is 10.2. The van der Waals surface area contributed by atoms with Gasteiger partial charge in [0.2, 0.25) is 0 Å². The molecule has 2 rings (SSSR count). The molecule has 1 aromatic rings. The predicted molar refractivity (Wildman–Crippen MR) is 62.5 cm³/mol. The van der Waals surface area contributed by atoms with Gasteiger partial charge in [-0.3, -0.25) is 0 Å². The molecular weight excluding hydrogens is 210 g/mol. The van der Waals surface area contributed by atoms with E-state index in [4.69, 9.17) is 16.3 Å². The lowest BCUT2D eigenvalue weighted by Gasteiger charge is -2.15. The summed E-state index contributed by atoms with van der Waals surface area (Å²) in [5.74, 6) is 0.755. The highest BCUT2D eigenvalue weighted by atomic mass is 35.5. The van der Waals surface area contributed by atoms with Crippen LogP contribution >= 0.6 is 11.6 Å². The first-order valence-corrected chi connectivity index (χ1v) is 5.50. The Morgan fingerprint density at radius 3 is 2.93 bits per heavy atom. The van der Waals surface area contributed by atoms with E-state index in [1.165, 1.54) is 5.57 Å². The quantitative estimate of drug-likeness (QED) is 0.796. The van der Waals surface area contributed by atoms with Crippen molar-refractivity contribution in [2.24, 2.45) is 0 Å². The number of ether oxygens (including phenoxy) is 1. The molecule has 2 nitrogen and oxygen atoms in total. The molecule has 0 saturated carbocycles. The summed E-state index contributed by atoms with van der Waals surface area (Å²) >= 11 is 5.98. The summed E-state index contributed by atoms with van der Waals surface area (Å²) in [5.41, 5.74) is 1.29. The van der Waals surface area contributed by atoms with Crippen LogP contribution in [0.5, 0.6) is 5.75 Å². The minimum absolute atomic E-state index is 0.622. The molecule has 1 aromatic carbocycles. The molecule has 15 heavy (non-hydrogen) atoms. The minimum atomic E-state index is 0.622. The molecule has 0 aliphatic carbocycles. The lowest BCUT2D eigenvalue weighted by Crippen LogP contribution is -2.24. The zero-order chi connectivity index (χ0) is 10.5. The van der Waals surface area contributed by atoms with Crippen LogP contribution in [0.1, 0.15) is 6.42 Å². The van der Waals surface area contributed by atoms with Gasteiger partial charge in [0, 0.05) is 6.54 Å². The van der Waals surface area contributed by atoms with Crippen LogP contribution in [0.4, 0.5) is 0 Å². The number of hydrogen-bond acceptors (Lipinski definition) is 2. The maximum Gasteiger partial charge on any atom is 0.138 e. The van der Waals surface area contributed by atoms with Crippen molar-refractivity contribution < 1.29 is 4.74 Å². The number of halogens is 1. The number of para-hydroxylation sites is 1. The highest BCUT2D eigenvalue weighted by molar-refractivity contribution is 6.32. The van der Waals surface area contributed by atoms with E-state index in [2.05, 4.69) is 11.4 Å². The molecule has 3 heteroatoms. The van der Waals surface area contributed by atoms with Gasteiger partial charge < -0.3 is 10.1 Å². The molecule has 0 fully saturated rings. The first-order chi connectivity index (χ1) is 7.36. The van der Waals surface area contributed by atoms with Gasteiger partial charge in [-0.15, -0.1) is 0 Å². The zero-order valence-electron chi connectivity index (χ0n) is 8.50. The molecule has 0 saturated heterocycles. The van der Waals surface area contributed by atoms with Crippen LogP contribution in [0.2, 0.25) is 5.02 Å². The molecule has 80 valence electrons. The summed E-state index contributed by atoms with van der Waals surface area (Å²) in [7, 11) is 0. The SMILES string of the molecule is Clc1ccccc1OCC1=CCCNC1. The molecule has 0 unspecified atom stereocenters. The predicted octanol–water partition coefficient (Wildman–Crippen LogP) is 2.64. The van der Waals surface area contributed by atoms with Crippen LogP contribution in [0.15, 0.2) is 35.9 Å². The number of benzene rings is 1. The standard InChI is InChI=1S/C12H14ClNO/c13-11-5-1-2-6-12(11)15-9-10-4-3-7-14-8-10/h1-2,4-6,14H,3,7-9H2. The molecule has 0 amide bonds. The highest BCUT2D eigenvalue weighted by Crippen LogP contribution is 2.23. The third-order valence-electron chi connectivity index (χ3n) is 2.36. The summed E-state index contributed by atoms with van der Waals surface area (Å²) < 4.78 is 5.64. The Bertz CT molecular complexity index is 362. The van der Waals surface area contributed by atoms with Gasteiger partial charge in [-0.25, -0.2) is 0 Å². The van der Waals surface area contributed by atoms with E-state index < -0.39 is 0 Å². The largest absolute Gasteiger partial charge is 0.488 e. The normalized spacial score (nSPS) is 15.9. The number of rotatable bonds is 3. The van der Waals surface area contributed by atoms with Gasteiger partial charge in [0.05, 0.1) is 5.02 Å². The van der Waals surface area contributed by atoms with Gasteiger partial charge in [-0.2, -0.15) is 0 Å². The molecule has 1 aliphatic rings. The summed E-state index contributed by atoms with van der Waals surface area (Å²) in [5, 5.41) is 3.97. The fourth-order valence-electron chi connectivity index (χ4n) is 1.54. The lowest BCUT2D eigenvalue weighted by molar-refractivity contribution is 0.345. The van der Waals surface area contributed by atoms with Gasteiger partial charge >= 0.3 is 0 Å². The van der Waals surface area contributed by atoms with Crippen molar-refractivity contribution in [3.63, 3.8) is 0 Å². The molecule has 1 aliphatic heterocycles. The van der Waals surface area contributed by atoms with Gasteiger partial charge in [-0.1, -0.05) is 29.8 Å². The maximum atomic E-state index is 5.98. The third-order valence-corrected chi connectivity index (χ3v) is 2.67. The fourth-order valence-corrected chi connectivity index (χ4v) is 1.73. The molecular formula is C12H14ClNO. The van der Waals surface area contributed by atoms with Crippen molar-refractivity contribution in [1.82, 2.24) is 5.32 Å². The van der Waals surface area contributed by atoms with E-state index in [1.54, 1.807) is 0 Å². The second-order valence-electron chi connectivity index (χ2n) is 3.55. The fraction of sp³-hybridized carbons (Fsp3) is 0.333. The minimum Gasteiger partial charge on any atom is -0.488 e. The average Bonchev–Trinajstić information content (AvgIpc) is 2.29. The third kappa shape index (κ3) is 2.98. The van der Waals surface area contributed by atoms with Gasteiger partial charge in [-0.05, 0) is 30.7 Å². The Kier molecular flexibility index (Phi) is 3.64. The van der Waals surface area contributed by atoms with Crippen LogP contribution in [0, 0.1) is 0 Å². The Hall–Kier alpha value is -0.990. The van der Waals surface area contributed by atoms with Gasteiger partial charge in [0.1, 0.15) is 12.4 Å². The Labute approximate surface area is 94.9 Å². The maximum absolute atomic E-state index is 5.98. The van der Waals surface area contributed by atoms with E-state index in [1.807, 2.05) is 24.3 Å².